The van der Waals surface area contributed by atoms with Crippen molar-refractivity contribution in [2.24, 2.45) is 0 Å². The van der Waals surface area contributed by atoms with Crippen LogP contribution in [0.25, 0.3) is 0 Å². The standard InChI is InChI=1S/C6H12.C4H3F3N2S/c1-2-4-6-5-3-1;5-4(6,7)2-1-9-3(8)10-2/h1-6H2;1H,(H2,8,9). The molecule has 0 saturated heterocycles. The van der Waals surface area contributed by atoms with Gasteiger partial charge >= 0.3 is 6.18 Å². The van der Waals surface area contributed by atoms with E-state index >= 15 is 0 Å². The molecule has 1 fully saturated rings. The van der Waals surface area contributed by atoms with E-state index in [4.69, 9.17) is 5.73 Å². The summed E-state index contributed by atoms with van der Waals surface area (Å²) < 4.78 is 35.1. The summed E-state index contributed by atoms with van der Waals surface area (Å²) in [5, 5.41) is -0.0627. The fourth-order valence-electron chi connectivity index (χ4n) is 1.48. The van der Waals surface area contributed by atoms with Crippen LogP contribution < -0.4 is 5.73 Å². The Balaban J connectivity index is 0.000000181. The molecule has 16 heavy (non-hydrogen) atoms. The first kappa shape index (κ1) is 13.3. The highest BCUT2D eigenvalue weighted by Crippen LogP contribution is 2.33. The van der Waals surface area contributed by atoms with Gasteiger partial charge in [-0.05, 0) is 0 Å². The predicted molar refractivity (Wildman–Crippen MR) is 59.2 cm³/mol. The number of nitrogens with zero attached hydrogens (tertiary/aromatic N) is 1. The molecule has 0 unspecified atom stereocenters. The Hall–Kier alpha value is -0.780. The number of nitrogens with two attached hydrogens (primary N) is 1. The minimum Gasteiger partial charge on any atom is -0.375 e. The molecule has 0 aromatic carbocycles. The van der Waals surface area contributed by atoms with Crippen molar-refractivity contribution in [1.29, 1.82) is 0 Å². The second kappa shape index (κ2) is 6.08. The number of nitrogen functional groups attached to an aromatic ring is 1. The topological polar surface area (TPSA) is 38.9 Å². The molecule has 0 aliphatic heterocycles. The van der Waals surface area contributed by atoms with Crippen LogP contribution >= 0.6 is 11.3 Å². The monoisotopic (exact) mass is 252 g/mol. The molecular formula is C10H15F3N2S. The average Bonchev–Trinajstić information content (AvgIpc) is 2.68. The first-order valence-corrected chi connectivity index (χ1v) is 6.10. The SMILES string of the molecule is C1CCCCC1.Nc1ncc(C(F)(F)F)s1. The number of hydrogen-bond donors (Lipinski definition) is 1. The zero-order valence-electron chi connectivity index (χ0n) is 8.89. The summed E-state index contributed by atoms with van der Waals surface area (Å²) in [6.45, 7) is 0. The smallest absolute Gasteiger partial charge is 0.375 e. The van der Waals surface area contributed by atoms with E-state index < -0.39 is 11.1 Å². The fraction of sp³-hybridized carbons (Fsp3) is 0.700. The summed E-state index contributed by atoms with van der Waals surface area (Å²) in [7, 11) is 0. The van der Waals surface area contributed by atoms with E-state index in [0.717, 1.165) is 6.20 Å². The average molecular weight is 252 g/mol. The van der Waals surface area contributed by atoms with Crippen LogP contribution in [-0.2, 0) is 6.18 Å². The quantitative estimate of drug-likeness (QED) is 0.755. The molecule has 1 saturated carbocycles. The molecule has 1 aliphatic rings. The summed E-state index contributed by atoms with van der Waals surface area (Å²) in [5.41, 5.74) is 4.98. The van der Waals surface area contributed by atoms with E-state index in [9.17, 15) is 13.2 Å². The van der Waals surface area contributed by atoms with Crippen molar-refractivity contribution in [1.82, 2.24) is 4.98 Å². The second-order valence-electron chi connectivity index (χ2n) is 3.68. The van der Waals surface area contributed by atoms with Gasteiger partial charge in [0.05, 0.1) is 6.20 Å². The third-order valence-corrected chi connectivity index (χ3v) is 3.17. The summed E-state index contributed by atoms with van der Waals surface area (Å²) in [4.78, 5) is 2.50. The maximum atomic E-state index is 11.7. The van der Waals surface area contributed by atoms with E-state index in [1.807, 2.05) is 0 Å². The molecule has 0 spiro atoms. The summed E-state index contributed by atoms with van der Waals surface area (Å²) in [5.74, 6) is 0. The van der Waals surface area contributed by atoms with Gasteiger partial charge in [-0.2, -0.15) is 13.2 Å². The highest BCUT2D eigenvalue weighted by Gasteiger charge is 2.32. The van der Waals surface area contributed by atoms with Crippen LogP contribution in [-0.4, -0.2) is 4.98 Å². The minimum absolute atomic E-state index is 0.0627. The maximum Gasteiger partial charge on any atom is 0.427 e. The lowest BCUT2D eigenvalue weighted by Gasteiger charge is -2.05. The van der Waals surface area contributed by atoms with Crippen LogP contribution in [0.2, 0.25) is 0 Å². The fourth-order valence-corrected chi connectivity index (χ4v) is 2.03. The van der Waals surface area contributed by atoms with Crippen LogP contribution in [0.1, 0.15) is 43.4 Å². The zero-order valence-corrected chi connectivity index (χ0v) is 9.70. The van der Waals surface area contributed by atoms with Crippen molar-refractivity contribution >= 4 is 16.5 Å². The predicted octanol–water partition coefficient (Wildman–Crippen LogP) is 4.08. The molecular weight excluding hydrogens is 237 g/mol. The number of anilines is 1. The van der Waals surface area contributed by atoms with Gasteiger partial charge in [0, 0.05) is 0 Å². The Kier molecular flexibility index (Phi) is 5.05. The van der Waals surface area contributed by atoms with Gasteiger partial charge in [0.2, 0.25) is 0 Å². The first-order chi connectivity index (χ1) is 7.50. The Morgan fingerprint density at radius 2 is 1.50 bits per heavy atom. The molecule has 6 heteroatoms. The number of rotatable bonds is 0. The van der Waals surface area contributed by atoms with E-state index in [-0.39, 0.29) is 5.13 Å². The van der Waals surface area contributed by atoms with Gasteiger partial charge in [0.15, 0.2) is 5.13 Å². The molecule has 1 heterocycles. The molecule has 1 aromatic rings. The van der Waals surface area contributed by atoms with Gasteiger partial charge < -0.3 is 5.73 Å². The highest BCUT2D eigenvalue weighted by molar-refractivity contribution is 7.15. The number of thiazole rings is 1. The number of halogens is 3. The lowest BCUT2D eigenvalue weighted by molar-refractivity contribution is -0.134. The maximum absolute atomic E-state index is 11.7. The van der Waals surface area contributed by atoms with Crippen molar-refractivity contribution in [2.45, 2.75) is 44.7 Å². The number of hydrogen-bond acceptors (Lipinski definition) is 3. The van der Waals surface area contributed by atoms with Crippen molar-refractivity contribution < 1.29 is 13.2 Å². The van der Waals surface area contributed by atoms with Crippen LogP contribution in [0.4, 0.5) is 18.3 Å². The van der Waals surface area contributed by atoms with Gasteiger partial charge in [0.25, 0.3) is 0 Å². The van der Waals surface area contributed by atoms with E-state index in [1.165, 1.54) is 38.5 Å². The van der Waals surface area contributed by atoms with Gasteiger partial charge in [-0.3, -0.25) is 0 Å². The molecule has 2 N–H and O–H groups in total. The molecule has 1 aromatic heterocycles. The van der Waals surface area contributed by atoms with Crippen molar-refractivity contribution in [3.63, 3.8) is 0 Å². The number of aromatic nitrogens is 1. The summed E-state index contributed by atoms with van der Waals surface area (Å²) in [6, 6.07) is 0. The molecule has 1 aliphatic carbocycles. The second-order valence-corrected chi connectivity index (χ2v) is 4.74. The Labute approximate surface area is 96.7 Å². The van der Waals surface area contributed by atoms with Crippen molar-refractivity contribution in [2.75, 3.05) is 5.73 Å². The highest BCUT2D eigenvalue weighted by atomic mass is 32.1. The first-order valence-electron chi connectivity index (χ1n) is 5.28. The summed E-state index contributed by atoms with van der Waals surface area (Å²) in [6.07, 6.45) is 5.41. The number of alkyl halides is 3. The molecule has 0 radical (unpaired) electrons. The minimum atomic E-state index is -4.31. The van der Waals surface area contributed by atoms with E-state index in [2.05, 4.69) is 4.98 Å². The van der Waals surface area contributed by atoms with E-state index in [1.54, 1.807) is 0 Å². The van der Waals surface area contributed by atoms with Gasteiger partial charge in [-0.25, -0.2) is 4.98 Å². The van der Waals surface area contributed by atoms with Gasteiger partial charge in [0.1, 0.15) is 4.88 Å². The van der Waals surface area contributed by atoms with Crippen molar-refractivity contribution in [3.8, 4) is 0 Å². The largest absolute Gasteiger partial charge is 0.427 e. The Bertz CT molecular complexity index is 294. The van der Waals surface area contributed by atoms with Crippen LogP contribution in [0.15, 0.2) is 6.20 Å². The van der Waals surface area contributed by atoms with Gasteiger partial charge in [-0.1, -0.05) is 49.9 Å². The van der Waals surface area contributed by atoms with Gasteiger partial charge in [-0.15, -0.1) is 0 Å². The zero-order chi connectivity index (χ0) is 12.0. The molecule has 92 valence electrons. The molecule has 2 nitrogen and oxygen atoms in total. The molecule has 0 bridgehead atoms. The Morgan fingerprint density at radius 3 is 1.69 bits per heavy atom. The Morgan fingerprint density at radius 1 is 1.06 bits per heavy atom. The third kappa shape index (κ3) is 4.83. The van der Waals surface area contributed by atoms with E-state index in [0.29, 0.717) is 11.3 Å². The molecule has 0 amide bonds. The summed E-state index contributed by atoms with van der Waals surface area (Å²) >= 11 is 0.436. The molecule has 2 rings (SSSR count). The van der Waals surface area contributed by atoms with Crippen molar-refractivity contribution in [3.05, 3.63) is 11.1 Å². The normalized spacial score (nSPS) is 16.4. The van der Waals surface area contributed by atoms with Crippen LogP contribution in [0, 0.1) is 0 Å². The van der Waals surface area contributed by atoms with Crippen LogP contribution in [0.3, 0.4) is 0 Å². The molecule has 0 atom stereocenters. The lowest BCUT2D eigenvalue weighted by atomic mass is 10.0. The third-order valence-electron chi connectivity index (χ3n) is 2.30. The van der Waals surface area contributed by atoms with Crippen LogP contribution in [0.5, 0.6) is 0 Å². The lowest BCUT2D eigenvalue weighted by Crippen LogP contribution is -2.00.